The first-order chi connectivity index (χ1) is 8.70. The van der Waals surface area contributed by atoms with Crippen molar-refractivity contribution in [2.75, 3.05) is 0 Å². The van der Waals surface area contributed by atoms with Gasteiger partial charge in [-0.3, -0.25) is 0 Å². The summed E-state index contributed by atoms with van der Waals surface area (Å²) in [5, 5.41) is 2.92. The predicted octanol–water partition coefficient (Wildman–Crippen LogP) is 5.36. The second kappa shape index (κ2) is 5.56. The Labute approximate surface area is 111 Å². The van der Waals surface area contributed by atoms with Gasteiger partial charge in [0.15, 0.2) is 0 Å². The topological polar surface area (TPSA) is 0 Å². The summed E-state index contributed by atoms with van der Waals surface area (Å²) in [4.78, 5) is 0. The molecule has 0 aliphatic carbocycles. The van der Waals surface area contributed by atoms with Gasteiger partial charge in [0, 0.05) is 0 Å². The van der Waals surface area contributed by atoms with E-state index >= 15 is 0 Å². The van der Waals surface area contributed by atoms with Crippen molar-refractivity contribution in [3.8, 4) is 0 Å². The fraction of sp³-hybridized carbons (Fsp3) is 0.444. The van der Waals surface area contributed by atoms with Crippen molar-refractivity contribution in [3.05, 3.63) is 46.5 Å². The average Bonchev–Trinajstić information content (AvgIpc) is 2.41. The van der Waals surface area contributed by atoms with E-state index in [0.717, 1.165) is 6.42 Å². The Bertz CT molecular complexity index is 549. The zero-order valence-corrected chi connectivity index (χ0v) is 12.1. The number of fused-ring (bicyclic) bond motifs is 1. The Morgan fingerprint density at radius 1 is 0.833 bits per heavy atom. The van der Waals surface area contributed by atoms with Crippen LogP contribution in [0, 0.1) is 13.8 Å². The number of benzene rings is 2. The van der Waals surface area contributed by atoms with Crippen molar-refractivity contribution in [1.82, 2.24) is 0 Å². The van der Waals surface area contributed by atoms with Crippen molar-refractivity contribution in [2.24, 2.45) is 0 Å². The highest BCUT2D eigenvalue weighted by Gasteiger charge is 2.12. The number of hydrogen-bond acceptors (Lipinski definition) is 0. The molecule has 2 aromatic carbocycles. The van der Waals surface area contributed by atoms with E-state index < -0.39 is 0 Å². The Morgan fingerprint density at radius 3 is 2.11 bits per heavy atom. The third kappa shape index (κ3) is 2.16. The first-order valence-electron chi connectivity index (χ1n) is 7.20. The molecule has 0 N–H and O–H groups in total. The molecule has 0 amide bonds. The lowest BCUT2D eigenvalue weighted by molar-refractivity contribution is 0.790. The molecule has 0 aliphatic rings. The summed E-state index contributed by atoms with van der Waals surface area (Å²) < 4.78 is 0. The third-order valence-electron chi connectivity index (χ3n) is 4.17. The minimum absolute atomic E-state index is 1.15. The van der Waals surface area contributed by atoms with Crippen LogP contribution in [-0.2, 0) is 12.8 Å². The molecule has 0 bridgehead atoms. The first-order valence-corrected chi connectivity index (χ1v) is 7.20. The van der Waals surface area contributed by atoms with Gasteiger partial charge in [-0.1, -0.05) is 44.5 Å². The number of hydrogen-bond donors (Lipinski definition) is 0. The van der Waals surface area contributed by atoms with Crippen LogP contribution in [0.1, 0.15) is 48.9 Å². The van der Waals surface area contributed by atoms with Crippen LogP contribution in [0.3, 0.4) is 0 Å². The average molecular weight is 240 g/mol. The van der Waals surface area contributed by atoms with E-state index in [9.17, 15) is 0 Å². The lowest BCUT2D eigenvalue weighted by Crippen LogP contribution is -2.01. The highest BCUT2D eigenvalue weighted by molar-refractivity contribution is 5.91. The molecule has 0 heteroatoms. The molecule has 0 heterocycles. The van der Waals surface area contributed by atoms with Crippen molar-refractivity contribution < 1.29 is 0 Å². The van der Waals surface area contributed by atoms with Gasteiger partial charge in [0.25, 0.3) is 0 Å². The number of aryl methyl sites for hydroxylation is 2. The van der Waals surface area contributed by atoms with E-state index in [-0.39, 0.29) is 0 Å². The summed E-state index contributed by atoms with van der Waals surface area (Å²) in [6.45, 7) is 9.11. The molecule has 0 radical (unpaired) electrons. The van der Waals surface area contributed by atoms with E-state index in [0.29, 0.717) is 0 Å². The lowest BCUT2D eigenvalue weighted by atomic mass is 9.87. The van der Waals surface area contributed by atoms with Gasteiger partial charge >= 0.3 is 0 Å². The minimum atomic E-state index is 1.15. The summed E-state index contributed by atoms with van der Waals surface area (Å²) in [5.74, 6) is 0. The van der Waals surface area contributed by atoms with Gasteiger partial charge in [0.2, 0.25) is 0 Å². The summed E-state index contributed by atoms with van der Waals surface area (Å²) >= 11 is 0. The van der Waals surface area contributed by atoms with Crippen LogP contribution in [0.5, 0.6) is 0 Å². The maximum atomic E-state index is 2.30. The van der Waals surface area contributed by atoms with Gasteiger partial charge in [0.1, 0.15) is 0 Å². The molecule has 0 nitrogen and oxygen atoms in total. The Balaban J connectivity index is 2.74. The van der Waals surface area contributed by atoms with E-state index in [1.807, 2.05) is 0 Å². The molecule has 18 heavy (non-hydrogen) atoms. The maximum Gasteiger partial charge on any atom is -0.0146 e. The molecule has 0 aromatic heterocycles. The van der Waals surface area contributed by atoms with Crippen LogP contribution in [0.25, 0.3) is 10.8 Å². The van der Waals surface area contributed by atoms with Crippen LogP contribution in [0.15, 0.2) is 24.3 Å². The first kappa shape index (κ1) is 13.1. The second-order valence-corrected chi connectivity index (χ2v) is 5.21. The molecule has 0 saturated heterocycles. The normalized spacial score (nSPS) is 11.1. The molecular formula is C18H24. The Kier molecular flexibility index (Phi) is 4.06. The lowest BCUT2D eigenvalue weighted by Gasteiger charge is -2.18. The summed E-state index contributed by atoms with van der Waals surface area (Å²) in [6.07, 6.45) is 4.93. The van der Waals surface area contributed by atoms with E-state index in [1.54, 1.807) is 11.1 Å². The van der Waals surface area contributed by atoms with E-state index in [4.69, 9.17) is 0 Å². The summed E-state index contributed by atoms with van der Waals surface area (Å²) in [5.41, 5.74) is 6.14. The molecule has 0 spiro atoms. The zero-order chi connectivity index (χ0) is 13.1. The zero-order valence-electron chi connectivity index (χ0n) is 12.1. The van der Waals surface area contributed by atoms with Crippen molar-refractivity contribution >= 4 is 10.8 Å². The fourth-order valence-corrected chi connectivity index (χ4v) is 3.01. The Hall–Kier alpha value is -1.30. The highest BCUT2D eigenvalue weighted by atomic mass is 14.2. The molecule has 96 valence electrons. The van der Waals surface area contributed by atoms with Crippen molar-refractivity contribution in [3.63, 3.8) is 0 Å². The van der Waals surface area contributed by atoms with Crippen LogP contribution in [0.2, 0.25) is 0 Å². The molecule has 0 unspecified atom stereocenters. The van der Waals surface area contributed by atoms with Gasteiger partial charge < -0.3 is 0 Å². The second-order valence-electron chi connectivity index (χ2n) is 5.21. The molecular weight excluding hydrogens is 216 g/mol. The SMILES string of the molecule is CCCCc1c(CC)c(C)c(C)c2ccccc12. The fourth-order valence-electron chi connectivity index (χ4n) is 3.01. The van der Waals surface area contributed by atoms with Gasteiger partial charge in [0.05, 0.1) is 0 Å². The quantitative estimate of drug-likeness (QED) is 0.674. The standard InChI is InChI=1S/C18H24/c1-5-7-10-17-15(6-2)13(3)14(4)16-11-8-9-12-18(16)17/h8-9,11-12H,5-7,10H2,1-4H3. The maximum absolute atomic E-state index is 2.30. The molecule has 0 atom stereocenters. The van der Waals surface area contributed by atoms with Crippen molar-refractivity contribution in [2.45, 2.75) is 53.4 Å². The molecule has 2 aromatic rings. The predicted molar refractivity (Wildman–Crippen MR) is 81.4 cm³/mol. The third-order valence-corrected chi connectivity index (χ3v) is 4.17. The van der Waals surface area contributed by atoms with Gasteiger partial charge in [-0.15, -0.1) is 0 Å². The Morgan fingerprint density at radius 2 is 1.50 bits per heavy atom. The molecule has 0 fully saturated rings. The minimum Gasteiger partial charge on any atom is -0.0654 e. The van der Waals surface area contributed by atoms with Crippen LogP contribution in [0.4, 0.5) is 0 Å². The summed E-state index contributed by atoms with van der Waals surface area (Å²) in [6, 6.07) is 8.90. The molecule has 0 aliphatic heterocycles. The monoisotopic (exact) mass is 240 g/mol. The van der Waals surface area contributed by atoms with Crippen molar-refractivity contribution in [1.29, 1.82) is 0 Å². The highest BCUT2D eigenvalue weighted by Crippen LogP contribution is 2.31. The smallest absolute Gasteiger partial charge is 0.0146 e. The largest absolute Gasteiger partial charge is 0.0654 e. The van der Waals surface area contributed by atoms with Gasteiger partial charge in [-0.05, 0) is 66.1 Å². The van der Waals surface area contributed by atoms with Crippen LogP contribution < -0.4 is 0 Å². The van der Waals surface area contributed by atoms with E-state index in [2.05, 4.69) is 52.0 Å². The summed E-state index contributed by atoms with van der Waals surface area (Å²) in [7, 11) is 0. The molecule has 2 rings (SSSR count). The van der Waals surface area contributed by atoms with Crippen LogP contribution >= 0.6 is 0 Å². The van der Waals surface area contributed by atoms with Gasteiger partial charge in [-0.2, -0.15) is 0 Å². The van der Waals surface area contributed by atoms with E-state index in [1.165, 1.54) is 41.2 Å². The number of rotatable bonds is 4. The number of unbranched alkanes of at least 4 members (excludes halogenated alkanes) is 1. The van der Waals surface area contributed by atoms with Crippen LogP contribution in [-0.4, -0.2) is 0 Å². The molecule has 0 saturated carbocycles. The van der Waals surface area contributed by atoms with Gasteiger partial charge in [-0.25, -0.2) is 0 Å².